The van der Waals surface area contributed by atoms with Crippen molar-refractivity contribution in [2.45, 2.75) is 64.7 Å². The van der Waals surface area contributed by atoms with E-state index in [1.54, 1.807) is 25.7 Å². The van der Waals surface area contributed by atoms with Crippen LogP contribution in [0, 0.1) is 41.1 Å². The Labute approximate surface area is 131 Å². The van der Waals surface area contributed by atoms with E-state index >= 15 is 0 Å². The Bertz CT molecular complexity index is 361. The maximum atomic E-state index is 3.71. The van der Waals surface area contributed by atoms with Crippen molar-refractivity contribution in [3.05, 3.63) is 12.2 Å². The second-order valence-electron chi connectivity index (χ2n) is 7.76. The van der Waals surface area contributed by atoms with E-state index in [4.69, 9.17) is 0 Å². The molecule has 0 radical (unpaired) electrons. The number of fused-ring (bicyclic) bond motifs is 5. The van der Waals surface area contributed by atoms with Gasteiger partial charge in [0, 0.05) is 0 Å². The first kappa shape index (κ1) is 14.3. The average molecular weight is 250 g/mol. The van der Waals surface area contributed by atoms with Gasteiger partial charge in [0.05, 0.1) is 0 Å². The van der Waals surface area contributed by atoms with Gasteiger partial charge in [-0.2, -0.15) is 5.41 Å². The zero-order valence-electron chi connectivity index (χ0n) is 12.8. The molecule has 0 heterocycles. The van der Waals surface area contributed by atoms with Crippen molar-refractivity contribution in [2.75, 3.05) is 0 Å². The smallest absolute Gasteiger partial charge is 0.494 e. The minimum absolute atomic E-state index is 0. The Morgan fingerprint density at radius 1 is 0.947 bits per heavy atom. The van der Waals surface area contributed by atoms with Gasteiger partial charge < -0.3 is 6.08 Å². The van der Waals surface area contributed by atoms with Crippen molar-refractivity contribution in [3.8, 4) is 0 Å². The largest absolute Gasteiger partial charge is 1.00 e. The summed E-state index contributed by atoms with van der Waals surface area (Å²) in [6.07, 6.45) is 19.6. The molecular weight excluding hydrogens is 223 g/mol. The molecule has 0 N–H and O–H groups in total. The molecule has 0 amide bonds. The molecule has 1 heteroatoms. The summed E-state index contributed by atoms with van der Waals surface area (Å²) in [4.78, 5) is 0. The molecule has 0 aliphatic heterocycles. The molecule has 0 nitrogen and oxygen atoms in total. The molecule has 4 aliphatic rings. The summed E-state index contributed by atoms with van der Waals surface area (Å²) in [7, 11) is 0. The van der Waals surface area contributed by atoms with Gasteiger partial charge in [0.15, 0.2) is 0 Å². The monoisotopic (exact) mass is 250 g/mol. The first-order valence-electron chi connectivity index (χ1n) is 8.37. The van der Waals surface area contributed by atoms with E-state index in [1.165, 1.54) is 32.1 Å². The Kier molecular flexibility index (Phi) is 3.96. The van der Waals surface area contributed by atoms with Crippen molar-refractivity contribution < 1.29 is 18.9 Å². The summed E-state index contributed by atoms with van der Waals surface area (Å²) < 4.78 is 0. The van der Waals surface area contributed by atoms with Crippen LogP contribution in [0.4, 0.5) is 0 Å². The third-order valence-electron chi connectivity index (χ3n) is 7.07. The molecule has 0 aromatic carbocycles. The van der Waals surface area contributed by atoms with Gasteiger partial charge in [-0.25, -0.2) is 0 Å². The first-order valence-corrected chi connectivity index (χ1v) is 8.37. The summed E-state index contributed by atoms with van der Waals surface area (Å²) in [6.45, 7) is 2.49. The van der Waals surface area contributed by atoms with Crippen LogP contribution < -0.4 is 18.9 Å². The quantitative estimate of drug-likeness (QED) is 0.456. The van der Waals surface area contributed by atoms with Crippen molar-refractivity contribution in [1.82, 2.24) is 0 Å². The van der Waals surface area contributed by atoms with Gasteiger partial charge in [0.1, 0.15) is 0 Å². The standard InChI is InChI=1S/C18H27.Li/c1-18-11-4-7-17(18)16-9-8-13-5-2-3-6-14(13)15(16)10-12-18;/h4,13-17H,2-3,5-10,12H2,1H3;/q-1;+1/t13?,14-,15+,16+,17-,18-;/m0./s1. The summed E-state index contributed by atoms with van der Waals surface area (Å²) in [5.74, 6) is 5.33. The van der Waals surface area contributed by atoms with E-state index in [9.17, 15) is 0 Å². The molecule has 0 saturated heterocycles. The van der Waals surface area contributed by atoms with E-state index < -0.39 is 0 Å². The van der Waals surface area contributed by atoms with Crippen LogP contribution in [0.5, 0.6) is 0 Å². The van der Waals surface area contributed by atoms with Crippen LogP contribution in [0.15, 0.2) is 6.08 Å². The van der Waals surface area contributed by atoms with Gasteiger partial charge in [-0.1, -0.05) is 51.4 Å². The molecule has 19 heavy (non-hydrogen) atoms. The zero-order valence-corrected chi connectivity index (χ0v) is 12.8. The van der Waals surface area contributed by atoms with Crippen LogP contribution in [0.25, 0.3) is 0 Å². The summed E-state index contributed by atoms with van der Waals surface area (Å²) in [5.41, 5.74) is 0.461. The second kappa shape index (κ2) is 5.27. The van der Waals surface area contributed by atoms with E-state index in [-0.39, 0.29) is 18.9 Å². The van der Waals surface area contributed by atoms with Crippen LogP contribution >= 0.6 is 0 Å². The molecule has 0 bridgehead atoms. The molecule has 3 fully saturated rings. The molecular formula is C18H27Li. The number of hydrogen-bond donors (Lipinski definition) is 0. The molecule has 0 aromatic heterocycles. The molecule has 100 valence electrons. The number of hydrogen-bond acceptors (Lipinski definition) is 0. The minimum atomic E-state index is 0. The van der Waals surface area contributed by atoms with Crippen molar-refractivity contribution in [1.29, 1.82) is 0 Å². The van der Waals surface area contributed by atoms with Crippen molar-refractivity contribution in [3.63, 3.8) is 0 Å². The molecule has 0 aromatic rings. The fraction of sp³-hybridized carbons (Fsp3) is 0.889. The number of rotatable bonds is 0. The van der Waals surface area contributed by atoms with Crippen LogP contribution in [-0.2, 0) is 0 Å². The molecule has 4 rings (SSSR count). The Morgan fingerprint density at radius 3 is 2.68 bits per heavy atom. The first-order chi connectivity index (χ1) is 8.78. The topological polar surface area (TPSA) is 0 Å². The maximum Gasteiger partial charge on any atom is 1.00 e. The van der Waals surface area contributed by atoms with E-state index in [1.807, 2.05) is 0 Å². The van der Waals surface area contributed by atoms with Gasteiger partial charge in [0.2, 0.25) is 0 Å². The van der Waals surface area contributed by atoms with E-state index in [0.717, 1.165) is 29.6 Å². The normalized spacial score (nSPS) is 51.7. The van der Waals surface area contributed by atoms with Crippen LogP contribution in [0.2, 0.25) is 0 Å². The molecule has 3 saturated carbocycles. The third-order valence-corrected chi connectivity index (χ3v) is 7.07. The Morgan fingerprint density at radius 2 is 1.79 bits per heavy atom. The Hall–Kier alpha value is 0.337. The van der Waals surface area contributed by atoms with Crippen LogP contribution in [-0.4, -0.2) is 0 Å². The molecule has 1 unspecified atom stereocenters. The van der Waals surface area contributed by atoms with Crippen LogP contribution in [0.1, 0.15) is 64.7 Å². The fourth-order valence-corrected chi connectivity index (χ4v) is 6.18. The zero-order chi connectivity index (χ0) is 12.2. The SMILES string of the molecule is C[C@@]12[C-]=CC[C@H]1[C@@H]1CCC3CCCC[C@@H]3[C@H]1CC2.[Li+]. The maximum absolute atomic E-state index is 3.71. The summed E-state index contributed by atoms with van der Waals surface area (Å²) >= 11 is 0. The van der Waals surface area contributed by atoms with Crippen molar-refractivity contribution in [2.24, 2.45) is 35.0 Å². The average Bonchev–Trinajstić information content (AvgIpc) is 2.80. The van der Waals surface area contributed by atoms with Gasteiger partial charge in [-0.3, -0.25) is 6.08 Å². The predicted molar refractivity (Wildman–Crippen MR) is 74.9 cm³/mol. The van der Waals surface area contributed by atoms with Crippen molar-refractivity contribution >= 4 is 0 Å². The van der Waals surface area contributed by atoms with E-state index in [2.05, 4.69) is 19.1 Å². The number of allylic oxidation sites excluding steroid dienone is 2. The van der Waals surface area contributed by atoms with E-state index in [0.29, 0.717) is 5.41 Å². The Balaban J connectivity index is 0.00000110. The molecule has 4 aliphatic carbocycles. The van der Waals surface area contributed by atoms with Gasteiger partial charge in [-0.15, -0.1) is 0 Å². The second-order valence-corrected chi connectivity index (χ2v) is 7.76. The molecule has 0 spiro atoms. The summed E-state index contributed by atoms with van der Waals surface area (Å²) in [5, 5.41) is 0. The fourth-order valence-electron chi connectivity index (χ4n) is 6.18. The van der Waals surface area contributed by atoms with Crippen LogP contribution in [0.3, 0.4) is 0 Å². The minimum Gasteiger partial charge on any atom is -0.494 e. The predicted octanol–water partition coefficient (Wildman–Crippen LogP) is 2.00. The third kappa shape index (κ3) is 2.18. The van der Waals surface area contributed by atoms with Gasteiger partial charge >= 0.3 is 18.9 Å². The van der Waals surface area contributed by atoms with Gasteiger partial charge in [0.25, 0.3) is 0 Å². The summed E-state index contributed by atoms with van der Waals surface area (Å²) in [6, 6.07) is 0. The molecule has 6 atom stereocenters. The van der Waals surface area contributed by atoms with Gasteiger partial charge in [-0.05, 0) is 42.9 Å².